The van der Waals surface area contributed by atoms with Crippen molar-refractivity contribution in [1.82, 2.24) is 30.6 Å². The smallest absolute Gasteiger partial charge is 0.270 e. The third-order valence-corrected chi connectivity index (χ3v) is 4.70. The maximum Gasteiger partial charge on any atom is 0.270 e. The maximum absolute atomic E-state index is 12.4. The summed E-state index contributed by atoms with van der Waals surface area (Å²) < 4.78 is 5.43. The van der Waals surface area contributed by atoms with Gasteiger partial charge in [-0.15, -0.1) is 0 Å². The van der Waals surface area contributed by atoms with Crippen LogP contribution in [-0.2, 0) is 12.1 Å². The van der Waals surface area contributed by atoms with E-state index in [0.717, 1.165) is 38.8 Å². The minimum absolute atomic E-state index is 0.190. The van der Waals surface area contributed by atoms with Gasteiger partial charge in [0.25, 0.3) is 5.91 Å². The fourth-order valence-corrected chi connectivity index (χ4v) is 3.20. The Balaban J connectivity index is 1.78. The summed E-state index contributed by atoms with van der Waals surface area (Å²) in [5.41, 5.74) is -0.110. The lowest BCUT2D eigenvalue weighted by molar-refractivity contribution is 0.0886. The van der Waals surface area contributed by atoms with E-state index < -0.39 is 5.54 Å². The minimum atomic E-state index is -0.548. The quantitative estimate of drug-likeness (QED) is 0.802. The number of nitrogens with one attached hydrogen (secondary N) is 2. The maximum atomic E-state index is 12.4. The second-order valence-corrected chi connectivity index (χ2v) is 6.19. The molecule has 0 aromatic carbocycles. The van der Waals surface area contributed by atoms with E-state index in [0.29, 0.717) is 24.0 Å². The Hall–Kier alpha value is -2.22. The number of aromatic amines is 1. The predicted molar refractivity (Wildman–Crippen MR) is 87.1 cm³/mol. The highest BCUT2D eigenvalue weighted by atomic mass is 16.5. The summed E-state index contributed by atoms with van der Waals surface area (Å²) in [4.78, 5) is 19.2. The van der Waals surface area contributed by atoms with Gasteiger partial charge < -0.3 is 9.84 Å². The van der Waals surface area contributed by atoms with Gasteiger partial charge in [0.05, 0.1) is 6.54 Å². The molecule has 0 aliphatic heterocycles. The first-order valence-corrected chi connectivity index (χ1v) is 8.54. The van der Waals surface area contributed by atoms with Gasteiger partial charge in [-0.3, -0.25) is 14.8 Å². The zero-order valence-corrected chi connectivity index (χ0v) is 14.2. The highest BCUT2D eigenvalue weighted by Gasteiger charge is 2.41. The van der Waals surface area contributed by atoms with E-state index in [1.165, 1.54) is 0 Å². The summed E-state index contributed by atoms with van der Waals surface area (Å²) in [6.07, 6.45) is 5.26. The molecule has 0 bridgehead atoms. The molecule has 1 fully saturated rings. The molecular formula is C16H24N6O2. The van der Waals surface area contributed by atoms with Crippen molar-refractivity contribution in [3.05, 3.63) is 29.7 Å². The van der Waals surface area contributed by atoms with E-state index in [2.05, 4.69) is 44.4 Å². The molecule has 8 nitrogen and oxygen atoms in total. The molecule has 0 saturated heterocycles. The molecular weight excluding hydrogens is 308 g/mol. The average Bonchev–Trinajstić information content (AvgIpc) is 3.33. The van der Waals surface area contributed by atoms with Gasteiger partial charge in [-0.2, -0.15) is 10.1 Å². The van der Waals surface area contributed by atoms with Crippen molar-refractivity contribution in [3.8, 4) is 0 Å². The van der Waals surface area contributed by atoms with Crippen molar-refractivity contribution in [2.75, 3.05) is 13.1 Å². The molecule has 1 aliphatic carbocycles. The first kappa shape index (κ1) is 16.6. The Bertz CT molecular complexity index is 656. The lowest BCUT2D eigenvalue weighted by atomic mass is 9.96. The Labute approximate surface area is 141 Å². The molecule has 0 radical (unpaired) electrons. The van der Waals surface area contributed by atoms with Gasteiger partial charge in [-0.25, -0.2) is 0 Å². The lowest BCUT2D eigenvalue weighted by Crippen LogP contribution is -2.44. The highest BCUT2D eigenvalue weighted by molar-refractivity contribution is 5.92. The third kappa shape index (κ3) is 3.33. The van der Waals surface area contributed by atoms with Crippen LogP contribution in [0.25, 0.3) is 0 Å². The van der Waals surface area contributed by atoms with E-state index in [1.54, 1.807) is 12.3 Å². The summed E-state index contributed by atoms with van der Waals surface area (Å²) in [6.45, 7) is 6.68. The molecule has 0 atom stereocenters. The van der Waals surface area contributed by atoms with Crippen LogP contribution in [0, 0.1) is 0 Å². The largest absolute Gasteiger partial charge is 0.338 e. The van der Waals surface area contributed by atoms with Crippen LogP contribution in [0.2, 0.25) is 0 Å². The first-order chi connectivity index (χ1) is 11.7. The third-order valence-electron chi connectivity index (χ3n) is 4.70. The van der Waals surface area contributed by atoms with Crippen LogP contribution in [0.1, 0.15) is 61.7 Å². The molecule has 2 aromatic heterocycles. The molecule has 1 saturated carbocycles. The van der Waals surface area contributed by atoms with Gasteiger partial charge in [0.15, 0.2) is 5.82 Å². The minimum Gasteiger partial charge on any atom is -0.338 e. The Morgan fingerprint density at radius 3 is 2.75 bits per heavy atom. The fraction of sp³-hybridized carbons (Fsp3) is 0.625. The molecule has 0 unspecified atom stereocenters. The summed E-state index contributed by atoms with van der Waals surface area (Å²) >= 11 is 0. The number of nitrogens with zero attached hydrogens (tertiary/aromatic N) is 4. The van der Waals surface area contributed by atoms with Crippen molar-refractivity contribution in [2.24, 2.45) is 0 Å². The van der Waals surface area contributed by atoms with E-state index in [1.807, 2.05) is 0 Å². The van der Waals surface area contributed by atoms with Crippen LogP contribution in [0.15, 0.2) is 16.8 Å². The molecule has 1 amide bonds. The molecule has 8 heteroatoms. The van der Waals surface area contributed by atoms with Crippen LogP contribution in [0.4, 0.5) is 0 Å². The molecule has 0 spiro atoms. The van der Waals surface area contributed by atoms with Crippen molar-refractivity contribution >= 4 is 5.91 Å². The number of hydrogen-bond acceptors (Lipinski definition) is 6. The number of amides is 1. The Morgan fingerprint density at radius 1 is 1.38 bits per heavy atom. The van der Waals surface area contributed by atoms with Gasteiger partial charge in [0.1, 0.15) is 11.2 Å². The van der Waals surface area contributed by atoms with E-state index >= 15 is 0 Å². The second-order valence-electron chi connectivity index (χ2n) is 6.19. The van der Waals surface area contributed by atoms with Crippen molar-refractivity contribution < 1.29 is 9.32 Å². The Morgan fingerprint density at radius 2 is 2.12 bits per heavy atom. The molecule has 1 aliphatic rings. The second kappa shape index (κ2) is 7.12. The number of carbonyl (C=O) groups is 1. The topological polar surface area (TPSA) is 99.9 Å². The van der Waals surface area contributed by atoms with Crippen LogP contribution in [0.5, 0.6) is 0 Å². The van der Waals surface area contributed by atoms with Gasteiger partial charge in [0.2, 0.25) is 5.89 Å². The van der Waals surface area contributed by atoms with E-state index in [-0.39, 0.29) is 5.91 Å². The molecule has 24 heavy (non-hydrogen) atoms. The normalized spacial score (nSPS) is 16.6. The van der Waals surface area contributed by atoms with Crippen LogP contribution >= 0.6 is 0 Å². The van der Waals surface area contributed by atoms with Gasteiger partial charge >= 0.3 is 0 Å². The number of hydrogen-bond donors (Lipinski definition) is 2. The van der Waals surface area contributed by atoms with Crippen LogP contribution < -0.4 is 5.32 Å². The molecule has 2 aromatic rings. The summed E-state index contributed by atoms with van der Waals surface area (Å²) in [6, 6.07) is 1.65. The number of H-pyrrole nitrogens is 1. The molecule has 2 N–H and O–H groups in total. The summed E-state index contributed by atoms with van der Waals surface area (Å²) in [5, 5.41) is 13.8. The highest BCUT2D eigenvalue weighted by Crippen LogP contribution is 2.37. The zero-order chi connectivity index (χ0) is 17.0. The number of rotatable bonds is 7. The van der Waals surface area contributed by atoms with E-state index in [9.17, 15) is 4.79 Å². The monoisotopic (exact) mass is 332 g/mol. The van der Waals surface area contributed by atoms with Crippen LogP contribution in [-0.4, -0.2) is 44.2 Å². The first-order valence-electron chi connectivity index (χ1n) is 8.54. The predicted octanol–water partition coefficient (Wildman–Crippen LogP) is 1.83. The van der Waals surface area contributed by atoms with Gasteiger partial charge in [-0.1, -0.05) is 31.8 Å². The van der Waals surface area contributed by atoms with Crippen LogP contribution in [0.3, 0.4) is 0 Å². The molecule has 130 valence electrons. The van der Waals surface area contributed by atoms with Crippen molar-refractivity contribution in [1.29, 1.82) is 0 Å². The number of carbonyl (C=O) groups excluding carboxylic acids is 1. The van der Waals surface area contributed by atoms with Crippen molar-refractivity contribution in [2.45, 2.75) is 51.6 Å². The number of aromatic nitrogens is 4. The standard InChI is InChI=1S/C16H24N6O2/c1-3-22(4-2)11-13-18-15(21-24-13)16(8-5-6-9-16)19-14(23)12-7-10-17-20-12/h7,10H,3-6,8-9,11H2,1-2H3,(H,17,20)(H,19,23). The molecule has 3 rings (SSSR count). The van der Waals surface area contributed by atoms with Gasteiger partial charge in [0, 0.05) is 6.20 Å². The Kier molecular flexibility index (Phi) is 4.94. The summed E-state index contributed by atoms with van der Waals surface area (Å²) in [7, 11) is 0. The SMILES string of the molecule is CCN(CC)Cc1nc(C2(NC(=O)c3ccn[nH]3)CCCC2)no1. The molecule has 2 heterocycles. The zero-order valence-electron chi connectivity index (χ0n) is 14.2. The average molecular weight is 332 g/mol. The summed E-state index contributed by atoms with van der Waals surface area (Å²) in [5.74, 6) is 0.982. The van der Waals surface area contributed by atoms with Crippen molar-refractivity contribution in [3.63, 3.8) is 0 Å². The van der Waals surface area contributed by atoms with E-state index in [4.69, 9.17) is 4.52 Å². The fourth-order valence-electron chi connectivity index (χ4n) is 3.20. The lowest BCUT2D eigenvalue weighted by Gasteiger charge is -2.26. The van der Waals surface area contributed by atoms with Gasteiger partial charge in [-0.05, 0) is 32.0 Å².